The summed E-state index contributed by atoms with van der Waals surface area (Å²) in [7, 11) is 0. The van der Waals surface area contributed by atoms with Gasteiger partial charge in [-0.3, -0.25) is 14.7 Å². The molecule has 1 fully saturated rings. The zero-order valence-corrected chi connectivity index (χ0v) is 25.4. The Morgan fingerprint density at radius 2 is 1.57 bits per heavy atom. The average molecular weight is 573 g/mol. The van der Waals surface area contributed by atoms with E-state index in [0.29, 0.717) is 12.0 Å². The van der Waals surface area contributed by atoms with Crippen LogP contribution in [-0.2, 0) is 12.0 Å². The number of pyridine rings is 1. The van der Waals surface area contributed by atoms with Crippen molar-refractivity contribution in [2.75, 3.05) is 12.5 Å². The van der Waals surface area contributed by atoms with Gasteiger partial charge < -0.3 is 5.11 Å². The fraction of sp³-hybridized carbons (Fsp3) is 0.364. The van der Waals surface area contributed by atoms with Crippen LogP contribution in [0.2, 0.25) is 0 Å². The maximum atomic E-state index is 13.6. The lowest BCUT2D eigenvalue weighted by molar-refractivity contribution is -0.0328. The molecule has 5 nitrogen and oxygen atoms in total. The first-order valence-electron chi connectivity index (χ1n) is 13.7. The Morgan fingerprint density at radius 1 is 0.925 bits per heavy atom. The number of carbonyl (C=O) groups is 2. The lowest BCUT2D eigenvalue weighted by Gasteiger charge is -2.54. The Morgan fingerprint density at radius 3 is 2.10 bits per heavy atom. The number of ketones is 1. The summed E-state index contributed by atoms with van der Waals surface area (Å²) in [5.74, 6) is 0.0781. The third-order valence-electron chi connectivity index (χ3n) is 8.10. The van der Waals surface area contributed by atoms with Crippen molar-refractivity contribution in [3.63, 3.8) is 0 Å². The van der Waals surface area contributed by atoms with Crippen LogP contribution in [0.15, 0.2) is 70.5 Å². The average Bonchev–Trinajstić information content (AvgIpc) is 2.91. The number of allylic oxidation sites excluding steroid dienone is 1. The predicted molar refractivity (Wildman–Crippen MR) is 167 cm³/mol. The van der Waals surface area contributed by atoms with E-state index in [4.69, 9.17) is 4.98 Å². The van der Waals surface area contributed by atoms with Crippen LogP contribution in [0.4, 0.5) is 4.79 Å². The molecule has 0 saturated heterocycles. The topological polar surface area (TPSA) is 70.5 Å². The van der Waals surface area contributed by atoms with Gasteiger partial charge in [0.15, 0.2) is 5.78 Å². The van der Waals surface area contributed by atoms with Crippen LogP contribution in [0.1, 0.15) is 68.1 Å². The number of Topliss-reactive ketones (excluding diaryl/α,β-unsaturated/α-hetero) is 1. The molecular formula is C33H36N2O3S2. The minimum Gasteiger partial charge on any atom is -0.465 e. The number of carboxylic acid groups (broad SMARTS) is 1. The van der Waals surface area contributed by atoms with Gasteiger partial charge in [0.25, 0.3) is 0 Å². The molecule has 2 aliphatic rings. The first-order valence-corrected chi connectivity index (χ1v) is 16.1. The molecule has 2 aromatic carbocycles. The van der Waals surface area contributed by atoms with E-state index in [0.717, 1.165) is 69.1 Å². The summed E-state index contributed by atoms with van der Waals surface area (Å²) in [6.45, 7) is 5.88. The summed E-state index contributed by atoms with van der Waals surface area (Å²) in [6, 6.07) is 20.4. The molecule has 1 N–H and O–H groups in total. The van der Waals surface area contributed by atoms with Crippen molar-refractivity contribution in [2.45, 2.75) is 64.0 Å². The molecule has 208 valence electrons. The van der Waals surface area contributed by atoms with Crippen LogP contribution in [0.5, 0.6) is 0 Å². The number of thioether (sulfide) groups is 2. The number of aromatic nitrogens is 1. The highest BCUT2D eigenvalue weighted by Gasteiger charge is 2.50. The van der Waals surface area contributed by atoms with Crippen LogP contribution < -0.4 is 0 Å². The first-order chi connectivity index (χ1) is 19.1. The molecular weight excluding hydrogens is 537 g/mol. The molecule has 1 amide bonds. The largest absolute Gasteiger partial charge is 0.465 e. The number of carbonyl (C=O) groups excluding carboxylic acids is 1. The normalized spacial score (nSPS) is 16.2. The summed E-state index contributed by atoms with van der Waals surface area (Å²) in [5.41, 5.74) is 6.15. The maximum Gasteiger partial charge on any atom is 0.408 e. The second-order valence-electron chi connectivity index (χ2n) is 11.5. The molecule has 40 heavy (non-hydrogen) atoms. The zero-order valence-electron chi connectivity index (χ0n) is 23.8. The molecule has 0 radical (unpaired) electrons. The van der Waals surface area contributed by atoms with Gasteiger partial charge in [0, 0.05) is 32.0 Å². The Hall–Kier alpha value is -3.03. The number of fused-ring (bicyclic) bond motifs is 1. The van der Waals surface area contributed by atoms with E-state index in [2.05, 4.69) is 36.4 Å². The van der Waals surface area contributed by atoms with Gasteiger partial charge in [-0.05, 0) is 82.6 Å². The highest BCUT2D eigenvalue weighted by Crippen LogP contribution is 2.50. The van der Waals surface area contributed by atoms with Crippen molar-refractivity contribution in [3.8, 4) is 22.4 Å². The van der Waals surface area contributed by atoms with E-state index in [1.54, 1.807) is 28.4 Å². The SMILES string of the molecule is CSC(SC)=C1CCc2nc(-c3ccc(C4(N(C(=O)O)C(C)(C)C)CCC4)cc3)c(-c3ccccc3)cc2C1=O. The van der Waals surface area contributed by atoms with Crippen LogP contribution in [0.25, 0.3) is 22.4 Å². The monoisotopic (exact) mass is 572 g/mol. The minimum absolute atomic E-state index is 0.0781. The van der Waals surface area contributed by atoms with Crippen molar-refractivity contribution in [2.24, 2.45) is 0 Å². The van der Waals surface area contributed by atoms with Gasteiger partial charge in [-0.15, -0.1) is 23.5 Å². The third kappa shape index (κ3) is 4.99. The summed E-state index contributed by atoms with van der Waals surface area (Å²) >= 11 is 3.26. The standard InChI is InChI=1S/C33H36N2O3S2/c1-32(2,3)35(31(37)38)33(18-9-19-33)23-14-12-22(13-15-23)28-25(21-10-7-6-8-11-21)20-26-27(34-28)17-16-24(29(26)36)30(39-4)40-5/h6-8,10-15,20H,9,16-19H2,1-5H3,(H,37,38). The molecule has 0 unspecified atom stereocenters. The first kappa shape index (κ1) is 28.5. The molecule has 2 aliphatic carbocycles. The van der Waals surface area contributed by atoms with Crippen molar-refractivity contribution < 1.29 is 14.7 Å². The van der Waals surface area contributed by atoms with E-state index in [1.165, 1.54) is 0 Å². The molecule has 7 heteroatoms. The van der Waals surface area contributed by atoms with Gasteiger partial charge in [0.1, 0.15) is 0 Å². The van der Waals surface area contributed by atoms with E-state index < -0.39 is 17.2 Å². The molecule has 3 aromatic rings. The highest BCUT2D eigenvalue weighted by molar-refractivity contribution is 8.21. The summed E-state index contributed by atoms with van der Waals surface area (Å²) in [6.07, 6.45) is 7.21. The van der Waals surface area contributed by atoms with Crippen LogP contribution in [-0.4, -0.2) is 44.9 Å². The van der Waals surface area contributed by atoms with E-state index >= 15 is 0 Å². The van der Waals surface area contributed by atoms with Gasteiger partial charge in [0.05, 0.1) is 16.9 Å². The number of nitrogens with zero attached hydrogens (tertiary/aromatic N) is 2. The summed E-state index contributed by atoms with van der Waals surface area (Å²) < 4.78 is 1.08. The second kappa shape index (κ2) is 11.1. The van der Waals surface area contributed by atoms with Crippen molar-refractivity contribution in [3.05, 3.63) is 87.3 Å². The molecule has 5 rings (SSSR count). The van der Waals surface area contributed by atoms with Crippen molar-refractivity contribution in [1.29, 1.82) is 0 Å². The quantitative estimate of drug-likeness (QED) is 0.298. The number of hydrogen-bond acceptors (Lipinski definition) is 5. The van der Waals surface area contributed by atoms with E-state index in [1.807, 2.05) is 57.5 Å². The van der Waals surface area contributed by atoms with Gasteiger partial charge in [-0.1, -0.05) is 54.6 Å². The van der Waals surface area contributed by atoms with Gasteiger partial charge in [0.2, 0.25) is 0 Å². The number of aryl methyl sites for hydroxylation is 1. The Balaban J connectivity index is 1.61. The zero-order chi connectivity index (χ0) is 28.7. The fourth-order valence-electron chi connectivity index (χ4n) is 6.24. The molecule has 1 heterocycles. The molecule has 0 bridgehead atoms. The number of hydrogen-bond donors (Lipinski definition) is 1. The Kier molecular flexibility index (Phi) is 7.90. The maximum absolute atomic E-state index is 13.6. The number of benzene rings is 2. The molecule has 1 saturated carbocycles. The highest BCUT2D eigenvalue weighted by atomic mass is 32.2. The molecule has 0 spiro atoms. The number of rotatable bonds is 6. The van der Waals surface area contributed by atoms with Gasteiger partial charge in [-0.25, -0.2) is 4.79 Å². The second-order valence-corrected chi connectivity index (χ2v) is 13.4. The summed E-state index contributed by atoms with van der Waals surface area (Å²) in [5, 5.41) is 10.2. The fourth-order valence-corrected chi connectivity index (χ4v) is 7.79. The number of amides is 1. The van der Waals surface area contributed by atoms with Crippen LogP contribution >= 0.6 is 23.5 Å². The van der Waals surface area contributed by atoms with Crippen LogP contribution in [0.3, 0.4) is 0 Å². The lowest BCUT2D eigenvalue weighted by atomic mass is 9.69. The van der Waals surface area contributed by atoms with Gasteiger partial charge in [-0.2, -0.15) is 0 Å². The minimum atomic E-state index is -0.886. The lowest BCUT2D eigenvalue weighted by Crippen LogP contribution is -2.60. The molecule has 1 aromatic heterocycles. The molecule has 0 atom stereocenters. The smallest absolute Gasteiger partial charge is 0.408 e. The summed E-state index contributed by atoms with van der Waals surface area (Å²) in [4.78, 5) is 32.8. The Bertz CT molecular complexity index is 1460. The van der Waals surface area contributed by atoms with Gasteiger partial charge >= 0.3 is 6.09 Å². The van der Waals surface area contributed by atoms with Crippen molar-refractivity contribution in [1.82, 2.24) is 9.88 Å². The van der Waals surface area contributed by atoms with Crippen molar-refractivity contribution >= 4 is 35.4 Å². The predicted octanol–water partition coefficient (Wildman–Crippen LogP) is 8.64. The third-order valence-corrected chi connectivity index (χ3v) is 10.3. The Labute approximate surface area is 245 Å². The molecule has 0 aliphatic heterocycles. The van der Waals surface area contributed by atoms with E-state index in [9.17, 15) is 14.7 Å². The van der Waals surface area contributed by atoms with E-state index in [-0.39, 0.29) is 5.78 Å². The van der Waals surface area contributed by atoms with Crippen LogP contribution in [0, 0.1) is 0 Å².